The molecule has 0 saturated carbocycles. The second kappa shape index (κ2) is 12.0. The fourth-order valence-corrected chi connectivity index (χ4v) is 3.98. The van der Waals surface area contributed by atoms with Crippen molar-refractivity contribution < 1.29 is 23.9 Å². The molecule has 0 atom stereocenters. The third-order valence-electron chi connectivity index (χ3n) is 6.16. The first-order chi connectivity index (χ1) is 16.2. The van der Waals surface area contributed by atoms with Gasteiger partial charge in [0.05, 0.1) is 11.8 Å². The molecule has 2 fully saturated rings. The van der Waals surface area contributed by atoms with Gasteiger partial charge in [0, 0.05) is 69.9 Å². The first-order valence-corrected chi connectivity index (χ1v) is 12.0. The van der Waals surface area contributed by atoms with E-state index in [0.717, 1.165) is 44.7 Å². The number of anilines is 1. The van der Waals surface area contributed by atoms with Crippen LogP contribution in [0, 0.1) is 5.41 Å². The van der Waals surface area contributed by atoms with Crippen molar-refractivity contribution in [1.29, 1.82) is 0 Å². The van der Waals surface area contributed by atoms with Gasteiger partial charge in [-0.3, -0.25) is 14.6 Å². The number of likely N-dealkylation sites (tertiary alicyclic amines) is 1. The van der Waals surface area contributed by atoms with Gasteiger partial charge in [0.25, 0.3) is 0 Å². The van der Waals surface area contributed by atoms with Crippen molar-refractivity contribution in [3.63, 3.8) is 0 Å². The molecule has 2 aliphatic heterocycles. The first-order valence-electron chi connectivity index (χ1n) is 12.0. The smallest absolute Gasteiger partial charge is 0.317 e. The van der Waals surface area contributed by atoms with E-state index in [1.54, 1.807) is 33.2 Å². The zero-order valence-electron chi connectivity index (χ0n) is 20.5. The summed E-state index contributed by atoms with van der Waals surface area (Å²) in [5.41, 5.74) is 0.512. The fraction of sp³-hybridized carbons (Fsp3) is 0.667. The Morgan fingerprint density at radius 1 is 1.00 bits per heavy atom. The summed E-state index contributed by atoms with van der Waals surface area (Å²) >= 11 is 0. The Bertz CT molecular complexity index is 813. The predicted octanol–water partition coefficient (Wildman–Crippen LogP) is 1.86. The highest BCUT2D eigenvalue weighted by molar-refractivity contribution is 5.76. The van der Waals surface area contributed by atoms with E-state index in [4.69, 9.17) is 9.47 Å². The minimum atomic E-state index is -0.624. The van der Waals surface area contributed by atoms with Gasteiger partial charge in [-0.2, -0.15) is 0 Å². The number of aromatic nitrogens is 1. The van der Waals surface area contributed by atoms with Crippen LogP contribution < -0.4 is 10.2 Å². The summed E-state index contributed by atoms with van der Waals surface area (Å²) in [4.78, 5) is 46.7. The van der Waals surface area contributed by atoms with Crippen LogP contribution in [0.25, 0.3) is 0 Å². The maximum Gasteiger partial charge on any atom is 0.317 e. The maximum absolute atomic E-state index is 12.7. The Morgan fingerprint density at radius 2 is 1.65 bits per heavy atom. The van der Waals surface area contributed by atoms with Gasteiger partial charge < -0.3 is 29.5 Å². The number of nitrogens with zero attached hydrogens (tertiary/aromatic N) is 4. The highest BCUT2D eigenvalue weighted by Gasteiger charge is 2.26. The maximum atomic E-state index is 12.7. The molecule has 1 N–H and O–H groups in total. The number of hydrogen-bond donors (Lipinski definition) is 1. The van der Waals surface area contributed by atoms with E-state index in [2.05, 4.69) is 20.1 Å². The number of ether oxygens (including phenoxy) is 2. The predicted molar refractivity (Wildman–Crippen MR) is 127 cm³/mol. The molecule has 34 heavy (non-hydrogen) atoms. The van der Waals surface area contributed by atoms with Crippen LogP contribution in [0.3, 0.4) is 0 Å². The topological polar surface area (TPSA) is 104 Å². The van der Waals surface area contributed by atoms with Gasteiger partial charge in [-0.15, -0.1) is 0 Å². The van der Waals surface area contributed by atoms with Gasteiger partial charge in [0.15, 0.2) is 0 Å². The molecule has 2 aliphatic rings. The lowest BCUT2D eigenvalue weighted by molar-refractivity contribution is -0.173. The average Bonchev–Trinajstić information content (AvgIpc) is 2.83. The van der Waals surface area contributed by atoms with Crippen LogP contribution in [0.2, 0.25) is 0 Å². The van der Waals surface area contributed by atoms with E-state index >= 15 is 0 Å². The van der Waals surface area contributed by atoms with E-state index < -0.39 is 11.4 Å². The zero-order valence-corrected chi connectivity index (χ0v) is 20.5. The number of carbonyl (C=O) groups excluding carboxylic acids is 3. The number of rotatable bonds is 7. The number of urea groups is 1. The van der Waals surface area contributed by atoms with Crippen LogP contribution >= 0.6 is 0 Å². The molecule has 188 valence electrons. The molecular formula is C24H37N5O5. The summed E-state index contributed by atoms with van der Waals surface area (Å²) in [5.74, 6) is -0.789. The molecule has 0 aliphatic carbocycles. The minimum absolute atomic E-state index is 0.00112. The lowest BCUT2D eigenvalue weighted by atomic mass is 9.98. The van der Waals surface area contributed by atoms with E-state index in [9.17, 15) is 14.4 Å². The third-order valence-corrected chi connectivity index (χ3v) is 6.16. The largest absolute Gasteiger partial charge is 0.428 e. The summed E-state index contributed by atoms with van der Waals surface area (Å²) in [6.07, 6.45) is 5.51. The van der Waals surface area contributed by atoms with Crippen molar-refractivity contribution in [3.05, 3.63) is 24.5 Å². The summed E-state index contributed by atoms with van der Waals surface area (Å²) in [6.45, 7) is 10.1. The number of piperazine rings is 1. The van der Waals surface area contributed by atoms with Crippen molar-refractivity contribution in [2.45, 2.75) is 46.1 Å². The number of nitrogens with one attached hydrogen (secondary N) is 1. The normalized spacial score (nSPS) is 17.9. The van der Waals surface area contributed by atoms with E-state index in [0.29, 0.717) is 19.6 Å². The van der Waals surface area contributed by atoms with Gasteiger partial charge >= 0.3 is 18.0 Å². The summed E-state index contributed by atoms with van der Waals surface area (Å²) in [6, 6.07) is 4.13. The number of hydrogen-bond acceptors (Lipinski definition) is 8. The first kappa shape index (κ1) is 25.7. The Balaban J connectivity index is 1.27. The van der Waals surface area contributed by atoms with Crippen LogP contribution in [-0.4, -0.2) is 91.4 Å². The van der Waals surface area contributed by atoms with Crippen molar-refractivity contribution in [2.75, 3.05) is 57.5 Å². The molecule has 10 heteroatoms. The van der Waals surface area contributed by atoms with Crippen LogP contribution in [0.4, 0.5) is 10.5 Å². The van der Waals surface area contributed by atoms with Gasteiger partial charge in [-0.25, -0.2) is 4.79 Å². The van der Waals surface area contributed by atoms with Crippen LogP contribution in [0.5, 0.6) is 0 Å². The molecule has 1 aromatic rings. The minimum Gasteiger partial charge on any atom is -0.428 e. The molecule has 0 bridgehead atoms. The highest BCUT2D eigenvalue weighted by Crippen LogP contribution is 2.17. The van der Waals surface area contributed by atoms with Crippen molar-refractivity contribution in [2.24, 2.45) is 5.41 Å². The molecular weight excluding hydrogens is 438 g/mol. The number of esters is 2. The lowest BCUT2D eigenvalue weighted by Gasteiger charge is -2.38. The summed E-state index contributed by atoms with van der Waals surface area (Å²) in [5, 5.41) is 3.17. The number of amides is 2. The Morgan fingerprint density at radius 3 is 2.26 bits per heavy atom. The highest BCUT2D eigenvalue weighted by atomic mass is 16.7. The molecule has 3 rings (SSSR count). The monoisotopic (exact) mass is 475 g/mol. The molecule has 1 aromatic heterocycles. The molecule has 0 aromatic carbocycles. The molecule has 0 radical (unpaired) electrons. The molecule has 0 unspecified atom stereocenters. The quantitative estimate of drug-likeness (QED) is 0.471. The Labute approximate surface area is 201 Å². The van der Waals surface area contributed by atoms with Crippen molar-refractivity contribution in [3.8, 4) is 0 Å². The van der Waals surface area contributed by atoms with E-state index in [1.807, 2.05) is 17.0 Å². The van der Waals surface area contributed by atoms with E-state index in [1.165, 1.54) is 0 Å². The van der Waals surface area contributed by atoms with Crippen LogP contribution in [0.15, 0.2) is 24.5 Å². The number of pyridine rings is 1. The molecule has 2 saturated heterocycles. The lowest BCUT2D eigenvalue weighted by Crippen LogP contribution is -2.55. The van der Waals surface area contributed by atoms with Gasteiger partial charge in [-0.1, -0.05) is 0 Å². The zero-order chi connectivity index (χ0) is 24.6. The molecule has 2 amide bonds. The third kappa shape index (κ3) is 7.86. The fourth-order valence-electron chi connectivity index (χ4n) is 3.98. The van der Waals surface area contributed by atoms with Gasteiger partial charge in [0.2, 0.25) is 6.79 Å². The Hall–Kier alpha value is -2.88. The van der Waals surface area contributed by atoms with Crippen LogP contribution in [-0.2, 0) is 19.1 Å². The molecule has 3 heterocycles. The average molecular weight is 476 g/mol. The molecule has 10 nitrogen and oxygen atoms in total. The summed E-state index contributed by atoms with van der Waals surface area (Å²) < 4.78 is 9.95. The van der Waals surface area contributed by atoms with E-state index in [-0.39, 0.29) is 31.3 Å². The Kier molecular flexibility index (Phi) is 9.09. The second-order valence-electron chi connectivity index (χ2n) is 9.81. The van der Waals surface area contributed by atoms with Gasteiger partial charge in [-0.05, 0) is 45.7 Å². The van der Waals surface area contributed by atoms with Crippen molar-refractivity contribution >= 4 is 23.7 Å². The SMILES string of the molecule is CC(C)(C)C(=O)OCOC(=O)CCN1CCC(NC(=O)N2CCN(c3ccncc3)CC2)CC1. The second-order valence-corrected chi connectivity index (χ2v) is 9.81. The standard InChI is InChI=1S/C24H37N5O5/c1-24(2,3)22(31)34-18-33-21(30)8-13-27-11-6-19(7-12-27)26-23(32)29-16-14-28(15-17-29)20-4-9-25-10-5-20/h4-5,9-10,19H,6-8,11-18H2,1-3H3,(H,26,32). The van der Waals surface area contributed by atoms with Crippen LogP contribution in [0.1, 0.15) is 40.0 Å². The summed E-state index contributed by atoms with van der Waals surface area (Å²) in [7, 11) is 0. The number of piperidine rings is 1. The molecule has 0 spiro atoms. The van der Waals surface area contributed by atoms with Gasteiger partial charge in [0.1, 0.15) is 0 Å². The number of carbonyl (C=O) groups is 3. The van der Waals surface area contributed by atoms with Crippen molar-refractivity contribution in [1.82, 2.24) is 20.1 Å².